The average molecular weight is 202 g/mol. The maximum Gasteiger partial charge on any atom is 0.117 e. The molecule has 0 saturated heterocycles. The lowest BCUT2D eigenvalue weighted by atomic mass is 10.2. The summed E-state index contributed by atoms with van der Waals surface area (Å²) >= 11 is 0. The molecule has 1 N–H and O–H groups in total. The highest BCUT2D eigenvalue weighted by Crippen LogP contribution is 1.94. The summed E-state index contributed by atoms with van der Waals surface area (Å²) in [5, 5.41) is 7.18. The van der Waals surface area contributed by atoms with E-state index in [-0.39, 0.29) is 5.84 Å². The van der Waals surface area contributed by atoms with Crippen molar-refractivity contribution in [2.45, 2.75) is 33.1 Å². The zero-order valence-electron chi connectivity index (χ0n) is 9.51. The Kier molecular flexibility index (Phi) is 7.99. The van der Waals surface area contributed by atoms with Crippen molar-refractivity contribution in [3.63, 3.8) is 0 Å². The Morgan fingerprint density at radius 1 is 1.53 bits per heavy atom. The van der Waals surface area contributed by atoms with Crippen LogP contribution in [0.5, 0.6) is 0 Å². The molecule has 0 aromatic rings. The third kappa shape index (κ3) is 8.70. The number of amidine groups is 1. The summed E-state index contributed by atoms with van der Waals surface area (Å²) in [4.78, 5) is 3.91. The minimum absolute atomic E-state index is 0.289. The molecule has 80 valence electrons. The number of allylic oxidation sites excluding steroid dienone is 3. The largest absolute Gasteiger partial charge is 0.287 e. The molecular formula is C13H18N2. The maximum absolute atomic E-state index is 7.18. The predicted octanol–water partition coefficient (Wildman–Crippen LogP) is 3.36. The van der Waals surface area contributed by atoms with E-state index in [1.165, 1.54) is 0 Å². The van der Waals surface area contributed by atoms with Gasteiger partial charge in [0.25, 0.3) is 0 Å². The van der Waals surface area contributed by atoms with Gasteiger partial charge in [0.1, 0.15) is 5.84 Å². The van der Waals surface area contributed by atoms with E-state index >= 15 is 0 Å². The Morgan fingerprint density at radius 3 is 2.80 bits per heavy atom. The second-order valence-electron chi connectivity index (χ2n) is 3.08. The van der Waals surface area contributed by atoms with Gasteiger partial charge in [0, 0.05) is 18.2 Å². The van der Waals surface area contributed by atoms with Crippen LogP contribution in [0, 0.1) is 17.3 Å². The fourth-order valence-electron chi connectivity index (χ4n) is 0.802. The van der Waals surface area contributed by atoms with E-state index in [0.29, 0.717) is 0 Å². The number of hydrogen-bond acceptors (Lipinski definition) is 1. The molecule has 0 bridgehead atoms. The second-order valence-corrected chi connectivity index (χ2v) is 3.08. The molecule has 0 heterocycles. The molecule has 0 rings (SSSR count). The number of hydrogen-bond donors (Lipinski definition) is 1. The fraction of sp³-hybridized carbons (Fsp3) is 0.385. The van der Waals surface area contributed by atoms with Gasteiger partial charge in [0.15, 0.2) is 0 Å². The van der Waals surface area contributed by atoms with E-state index in [1.54, 1.807) is 13.1 Å². The molecular weight excluding hydrogens is 184 g/mol. The number of unbranched alkanes of at least 4 members (excludes halogenated alkanes) is 1. The summed E-state index contributed by atoms with van der Waals surface area (Å²) in [6, 6.07) is 0. The monoisotopic (exact) mass is 202 g/mol. The van der Waals surface area contributed by atoms with Crippen molar-refractivity contribution in [2.75, 3.05) is 0 Å². The SMILES string of the molecule is C=CC/C=C(/C#CCCC)C=NC(C)=N. The summed E-state index contributed by atoms with van der Waals surface area (Å²) in [7, 11) is 0. The van der Waals surface area contributed by atoms with Crippen LogP contribution in [0.4, 0.5) is 0 Å². The number of rotatable bonds is 4. The molecule has 2 nitrogen and oxygen atoms in total. The van der Waals surface area contributed by atoms with Crippen molar-refractivity contribution in [3.8, 4) is 11.8 Å². The average Bonchev–Trinajstić information content (AvgIpc) is 2.21. The molecule has 0 aromatic heterocycles. The zero-order valence-corrected chi connectivity index (χ0v) is 9.51. The van der Waals surface area contributed by atoms with Crippen molar-refractivity contribution in [1.29, 1.82) is 5.41 Å². The minimum atomic E-state index is 0.289. The quantitative estimate of drug-likeness (QED) is 0.314. The topological polar surface area (TPSA) is 36.2 Å². The first kappa shape index (κ1) is 13.4. The van der Waals surface area contributed by atoms with Crippen molar-refractivity contribution in [3.05, 3.63) is 24.3 Å². The van der Waals surface area contributed by atoms with Crippen molar-refractivity contribution < 1.29 is 0 Å². The molecule has 0 aromatic carbocycles. The first-order valence-electron chi connectivity index (χ1n) is 5.09. The predicted molar refractivity (Wildman–Crippen MR) is 67.5 cm³/mol. The van der Waals surface area contributed by atoms with Crippen LogP contribution in [0.25, 0.3) is 0 Å². The number of nitrogens with one attached hydrogen (secondary N) is 1. The van der Waals surface area contributed by atoms with Gasteiger partial charge < -0.3 is 0 Å². The Bertz CT molecular complexity index is 324. The van der Waals surface area contributed by atoms with Gasteiger partial charge in [-0.1, -0.05) is 30.9 Å². The maximum atomic E-state index is 7.18. The summed E-state index contributed by atoms with van der Waals surface area (Å²) in [6.07, 6.45) is 8.13. The highest BCUT2D eigenvalue weighted by Gasteiger charge is 1.86. The van der Waals surface area contributed by atoms with Crippen LogP contribution in [0.1, 0.15) is 33.1 Å². The molecule has 0 unspecified atom stereocenters. The molecule has 0 radical (unpaired) electrons. The van der Waals surface area contributed by atoms with E-state index in [2.05, 4.69) is 30.3 Å². The molecule has 0 amide bonds. The van der Waals surface area contributed by atoms with Crippen LogP contribution in [-0.2, 0) is 0 Å². The van der Waals surface area contributed by atoms with Crippen LogP contribution < -0.4 is 0 Å². The fourth-order valence-corrected chi connectivity index (χ4v) is 0.802. The van der Waals surface area contributed by atoms with Gasteiger partial charge in [-0.15, -0.1) is 6.58 Å². The standard InChI is InChI=1S/C13H18N2/c1-4-6-8-10-13(9-7-5-2)11-15-12(3)14/h5,9,11,14H,2,4,6-7H2,1,3H3/b13-9-,14-12?,15-11?. The summed E-state index contributed by atoms with van der Waals surface area (Å²) in [5.41, 5.74) is 0.856. The third-order valence-corrected chi connectivity index (χ3v) is 1.51. The van der Waals surface area contributed by atoms with Crippen molar-refractivity contribution >= 4 is 12.1 Å². The van der Waals surface area contributed by atoms with Gasteiger partial charge in [0.2, 0.25) is 0 Å². The smallest absolute Gasteiger partial charge is 0.117 e. The normalized spacial score (nSPS) is 10.9. The van der Waals surface area contributed by atoms with Crippen LogP contribution in [-0.4, -0.2) is 12.1 Å². The minimum Gasteiger partial charge on any atom is -0.287 e. The van der Waals surface area contributed by atoms with Gasteiger partial charge in [-0.25, -0.2) is 4.99 Å². The molecule has 0 spiro atoms. The third-order valence-electron chi connectivity index (χ3n) is 1.51. The van der Waals surface area contributed by atoms with E-state index < -0.39 is 0 Å². The lowest BCUT2D eigenvalue weighted by Gasteiger charge is -1.89. The zero-order chi connectivity index (χ0) is 11.5. The van der Waals surface area contributed by atoms with Gasteiger partial charge >= 0.3 is 0 Å². The molecule has 0 aliphatic rings. The van der Waals surface area contributed by atoms with E-state index in [0.717, 1.165) is 24.8 Å². The lowest BCUT2D eigenvalue weighted by molar-refractivity contribution is 0.983. The van der Waals surface area contributed by atoms with Crippen molar-refractivity contribution in [2.24, 2.45) is 4.99 Å². The van der Waals surface area contributed by atoms with Gasteiger partial charge in [-0.3, -0.25) is 5.41 Å². The van der Waals surface area contributed by atoms with Crippen LogP contribution in [0.2, 0.25) is 0 Å². The van der Waals surface area contributed by atoms with E-state index in [9.17, 15) is 0 Å². The molecule has 15 heavy (non-hydrogen) atoms. The number of aliphatic imine (C=N–C) groups is 1. The highest BCUT2D eigenvalue weighted by atomic mass is 14.8. The van der Waals surface area contributed by atoms with E-state index in [4.69, 9.17) is 5.41 Å². The summed E-state index contributed by atoms with van der Waals surface area (Å²) < 4.78 is 0. The summed E-state index contributed by atoms with van der Waals surface area (Å²) in [5.74, 6) is 6.37. The molecule has 2 heteroatoms. The second kappa shape index (κ2) is 8.96. The van der Waals surface area contributed by atoms with Gasteiger partial charge in [-0.05, 0) is 19.8 Å². The van der Waals surface area contributed by atoms with Crippen LogP contribution in [0.15, 0.2) is 29.3 Å². The van der Waals surface area contributed by atoms with Crippen molar-refractivity contribution in [1.82, 2.24) is 0 Å². The number of nitrogens with zero attached hydrogens (tertiary/aromatic N) is 1. The summed E-state index contributed by atoms with van der Waals surface area (Å²) in [6.45, 7) is 7.38. The van der Waals surface area contributed by atoms with E-state index in [1.807, 2.05) is 12.2 Å². The Morgan fingerprint density at radius 2 is 2.27 bits per heavy atom. The first-order chi connectivity index (χ1) is 7.20. The Labute approximate surface area is 92.3 Å². The first-order valence-corrected chi connectivity index (χ1v) is 5.09. The lowest BCUT2D eigenvalue weighted by Crippen LogP contribution is -1.86. The molecule has 0 aliphatic heterocycles. The van der Waals surface area contributed by atoms with Gasteiger partial charge in [-0.2, -0.15) is 0 Å². The van der Waals surface area contributed by atoms with Crippen LogP contribution >= 0.6 is 0 Å². The Hall–Kier alpha value is -1.62. The van der Waals surface area contributed by atoms with Gasteiger partial charge in [0.05, 0.1) is 0 Å². The molecule has 0 aliphatic carbocycles. The molecule has 0 saturated carbocycles. The van der Waals surface area contributed by atoms with Crippen LogP contribution in [0.3, 0.4) is 0 Å². The molecule has 0 atom stereocenters. The highest BCUT2D eigenvalue weighted by molar-refractivity contribution is 5.94. The molecule has 0 fully saturated rings. The Balaban J connectivity index is 4.53.